The standard InChI is InChI=1S/C23H34N6O.HI/c1-2-24-23(25-15-12-22-27-26-21-11-7-4-8-16-29(21)22)28-17-13-20(14-18-28)30-19-9-5-3-6-10-19;/h3,5-6,9-10,20H,2,4,7-8,11-18H2,1H3,(H,24,25);1H. The van der Waals surface area contributed by atoms with Gasteiger partial charge in [0.1, 0.15) is 23.5 Å². The van der Waals surface area contributed by atoms with Crippen LogP contribution in [-0.2, 0) is 19.4 Å². The first kappa shape index (κ1) is 23.8. The number of piperidine rings is 1. The number of aliphatic imine (C=N–C) groups is 1. The van der Waals surface area contributed by atoms with E-state index in [1.165, 1.54) is 19.3 Å². The van der Waals surface area contributed by atoms with Crippen molar-refractivity contribution in [1.29, 1.82) is 0 Å². The fourth-order valence-electron chi connectivity index (χ4n) is 4.29. The lowest BCUT2D eigenvalue weighted by atomic mass is 10.1. The normalized spacial score (nSPS) is 17.5. The summed E-state index contributed by atoms with van der Waals surface area (Å²) in [6.07, 6.45) is 7.94. The number of benzene rings is 1. The lowest BCUT2D eigenvalue weighted by Crippen LogP contribution is -2.47. The van der Waals surface area contributed by atoms with E-state index in [0.717, 1.165) is 81.8 Å². The predicted molar refractivity (Wildman–Crippen MR) is 134 cm³/mol. The Morgan fingerprint density at radius 1 is 1.10 bits per heavy atom. The first-order valence-corrected chi connectivity index (χ1v) is 11.5. The molecular weight excluding hydrogens is 503 g/mol. The van der Waals surface area contributed by atoms with Crippen LogP contribution in [0.1, 0.15) is 50.7 Å². The van der Waals surface area contributed by atoms with Crippen molar-refractivity contribution < 1.29 is 4.74 Å². The third-order valence-corrected chi connectivity index (χ3v) is 5.91. The van der Waals surface area contributed by atoms with Crippen LogP contribution in [0.2, 0.25) is 0 Å². The summed E-state index contributed by atoms with van der Waals surface area (Å²) >= 11 is 0. The maximum atomic E-state index is 6.13. The van der Waals surface area contributed by atoms with Crippen molar-refractivity contribution >= 4 is 29.9 Å². The predicted octanol–water partition coefficient (Wildman–Crippen LogP) is 3.67. The molecule has 7 nitrogen and oxygen atoms in total. The third-order valence-electron chi connectivity index (χ3n) is 5.91. The lowest BCUT2D eigenvalue weighted by molar-refractivity contribution is 0.129. The SMILES string of the molecule is CCNC(=NCCc1nnc2n1CCCCC2)N1CCC(Oc2ccccc2)CC1.I. The number of hydrogen-bond acceptors (Lipinski definition) is 4. The van der Waals surface area contributed by atoms with Gasteiger partial charge < -0.3 is 19.5 Å². The van der Waals surface area contributed by atoms with Crippen LogP contribution < -0.4 is 10.1 Å². The number of likely N-dealkylation sites (tertiary alicyclic amines) is 1. The van der Waals surface area contributed by atoms with E-state index in [9.17, 15) is 0 Å². The lowest BCUT2D eigenvalue weighted by Gasteiger charge is -2.34. The summed E-state index contributed by atoms with van der Waals surface area (Å²) in [6, 6.07) is 10.1. The Morgan fingerprint density at radius 3 is 2.68 bits per heavy atom. The number of rotatable bonds is 6. The smallest absolute Gasteiger partial charge is 0.193 e. The first-order chi connectivity index (χ1) is 14.8. The van der Waals surface area contributed by atoms with Crippen LogP contribution in [0.3, 0.4) is 0 Å². The van der Waals surface area contributed by atoms with Crippen molar-refractivity contribution in [1.82, 2.24) is 25.0 Å². The van der Waals surface area contributed by atoms with Crippen molar-refractivity contribution in [2.24, 2.45) is 4.99 Å². The minimum Gasteiger partial charge on any atom is -0.490 e. The van der Waals surface area contributed by atoms with Gasteiger partial charge >= 0.3 is 0 Å². The van der Waals surface area contributed by atoms with Crippen LogP contribution in [0, 0.1) is 0 Å². The van der Waals surface area contributed by atoms with Gasteiger partial charge in [-0.3, -0.25) is 4.99 Å². The van der Waals surface area contributed by atoms with E-state index in [4.69, 9.17) is 9.73 Å². The molecule has 0 amide bonds. The average Bonchev–Trinajstić information content (AvgIpc) is 3.00. The van der Waals surface area contributed by atoms with E-state index in [1.807, 2.05) is 30.3 Å². The number of aromatic nitrogens is 3. The summed E-state index contributed by atoms with van der Waals surface area (Å²) in [5, 5.41) is 12.3. The van der Waals surface area contributed by atoms with Crippen molar-refractivity contribution in [3.05, 3.63) is 42.0 Å². The van der Waals surface area contributed by atoms with Crippen LogP contribution in [-0.4, -0.2) is 57.9 Å². The average molecular weight is 538 g/mol. The number of fused-ring (bicyclic) bond motifs is 1. The summed E-state index contributed by atoms with van der Waals surface area (Å²) in [6.45, 7) is 6.71. The van der Waals surface area contributed by atoms with Gasteiger partial charge in [0.25, 0.3) is 0 Å². The molecule has 1 N–H and O–H groups in total. The Morgan fingerprint density at radius 2 is 1.90 bits per heavy atom. The molecule has 0 atom stereocenters. The number of nitrogens with one attached hydrogen (secondary N) is 1. The third kappa shape index (κ3) is 6.57. The molecule has 0 unspecified atom stereocenters. The molecule has 0 saturated carbocycles. The largest absolute Gasteiger partial charge is 0.490 e. The molecule has 1 saturated heterocycles. The highest BCUT2D eigenvalue weighted by atomic mass is 127. The number of hydrogen-bond donors (Lipinski definition) is 1. The van der Waals surface area contributed by atoms with Gasteiger partial charge in [-0.25, -0.2) is 0 Å². The van der Waals surface area contributed by atoms with Gasteiger partial charge in [-0.1, -0.05) is 24.6 Å². The van der Waals surface area contributed by atoms with Gasteiger partial charge in [0, 0.05) is 58.4 Å². The number of para-hydroxylation sites is 1. The molecule has 0 spiro atoms. The first-order valence-electron chi connectivity index (χ1n) is 11.5. The number of guanidine groups is 1. The van der Waals surface area contributed by atoms with Gasteiger partial charge in [-0.05, 0) is 31.9 Å². The molecule has 0 aliphatic carbocycles. The molecule has 3 heterocycles. The zero-order valence-corrected chi connectivity index (χ0v) is 20.8. The molecule has 170 valence electrons. The van der Waals surface area contributed by atoms with Crippen molar-refractivity contribution in [2.45, 2.75) is 64.5 Å². The minimum atomic E-state index is 0. The second kappa shape index (κ2) is 12.3. The fraction of sp³-hybridized carbons (Fsp3) is 0.609. The van der Waals surface area contributed by atoms with Crippen molar-refractivity contribution in [2.75, 3.05) is 26.2 Å². The van der Waals surface area contributed by atoms with Crippen LogP contribution in [0.4, 0.5) is 0 Å². The molecule has 8 heteroatoms. The summed E-state index contributed by atoms with van der Waals surface area (Å²) in [4.78, 5) is 7.26. The molecular formula is C23H35IN6O. The minimum absolute atomic E-state index is 0. The van der Waals surface area contributed by atoms with E-state index in [0.29, 0.717) is 0 Å². The molecule has 0 radical (unpaired) electrons. The highest BCUT2D eigenvalue weighted by molar-refractivity contribution is 14.0. The molecule has 0 bridgehead atoms. The Labute approximate surface area is 202 Å². The quantitative estimate of drug-likeness (QED) is 0.346. The van der Waals surface area contributed by atoms with Crippen LogP contribution in [0.5, 0.6) is 5.75 Å². The Bertz CT molecular complexity index is 817. The summed E-state index contributed by atoms with van der Waals surface area (Å²) in [5.74, 6) is 4.20. The molecule has 2 aromatic rings. The van der Waals surface area contributed by atoms with Crippen molar-refractivity contribution in [3.63, 3.8) is 0 Å². The van der Waals surface area contributed by atoms with Crippen LogP contribution >= 0.6 is 24.0 Å². The molecule has 1 aromatic heterocycles. The maximum absolute atomic E-state index is 6.13. The molecule has 2 aliphatic heterocycles. The second-order valence-electron chi connectivity index (χ2n) is 8.10. The topological polar surface area (TPSA) is 67.6 Å². The van der Waals surface area contributed by atoms with Gasteiger partial charge in [0.15, 0.2) is 5.96 Å². The molecule has 1 fully saturated rings. The maximum Gasteiger partial charge on any atom is 0.193 e. The molecule has 31 heavy (non-hydrogen) atoms. The molecule has 2 aliphatic rings. The fourth-order valence-corrected chi connectivity index (χ4v) is 4.29. The van der Waals surface area contributed by atoms with Gasteiger partial charge in [-0.2, -0.15) is 0 Å². The van der Waals surface area contributed by atoms with Crippen LogP contribution in [0.25, 0.3) is 0 Å². The summed E-state index contributed by atoms with van der Waals surface area (Å²) in [7, 11) is 0. The zero-order valence-electron chi connectivity index (χ0n) is 18.5. The van der Waals surface area contributed by atoms with Crippen LogP contribution in [0.15, 0.2) is 35.3 Å². The molecule has 4 rings (SSSR count). The monoisotopic (exact) mass is 538 g/mol. The van der Waals surface area contributed by atoms with Gasteiger partial charge in [0.2, 0.25) is 0 Å². The van der Waals surface area contributed by atoms with Crippen molar-refractivity contribution in [3.8, 4) is 5.75 Å². The summed E-state index contributed by atoms with van der Waals surface area (Å²) in [5.41, 5.74) is 0. The number of nitrogens with zero attached hydrogens (tertiary/aromatic N) is 5. The van der Waals surface area contributed by atoms with E-state index >= 15 is 0 Å². The number of halogens is 1. The Hall–Kier alpha value is -1.84. The van der Waals surface area contributed by atoms with E-state index in [-0.39, 0.29) is 30.1 Å². The van der Waals surface area contributed by atoms with E-state index < -0.39 is 0 Å². The van der Waals surface area contributed by atoms with Gasteiger partial charge in [-0.15, -0.1) is 34.2 Å². The zero-order chi connectivity index (χ0) is 20.6. The number of aryl methyl sites for hydroxylation is 1. The van der Waals surface area contributed by atoms with E-state index in [1.54, 1.807) is 0 Å². The highest BCUT2D eigenvalue weighted by Gasteiger charge is 2.23. The highest BCUT2D eigenvalue weighted by Crippen LogP contribution is 2.19. The molecule has 1 aromatic carbocycles. The number of ether oxygens (including phenoxy) is 1. The Kier molecular flexibility index (Phi) is 9.42. The summed E-state index contributed by atoms with van der Waals surface area (Å²) < 4.78 is 8.45. The van der Waals surface area contributed by atoms with Gasteiger partial charge in [0.05, 0.1) is 0 Å². The van der Waals surface area contributed by atoms with E-state index in [2.05, 4.69) is 31.9 Å². The Balaban J connectivity index is 0.00000272. The second-order valence-corrected chi connectivity index (χ2v) is 8.10.